The van der Waals surface area contributed by atoms with Crippen molar-refractivity contribution in [1.29, 1.82) is 0 Å². The van der Waals surface area contributed by atoms with Gasteiger partial charge >= 0.3 is 6.03 Å². The van der Waals surface area contributed by atoms with Crippen molar-refractivity contribution in [1.82, 2.24) is 25.1 Å². The smallest absolute Gasteiger partial charge is 0.318 e. The Hall–Kier alpha value is -2.57. The van der Waals surface area contributed by atoms with Crippen molar-refractivity contribution in [2.75, 3.05) is 26.7 Å². The van der Waals surface area contributed by atoms with Crippen LogP contribution in [0, 0.1) is 0 Å². The maximum Gasteiger partial charge on any atom is 0.318 e. The molecule has 1 aromatic heterocycles. The Labute approximate surface area is 153 Å². The highest BCUT2D eigenvalue weighted by atomic mass is 16.2. The Balaban J connectivity index is 1.54. The molecule has 1 fully saturated rings. The number of urea groups is 1. The number of likely N-dealkylation sites (tertiary alicyclic amines) is 1. The largest absolute Gasteiger partial charge is 0.344 e. The molecular weight excluding hydrogens is 330 g/mol. The fourth-order valence-electron chi connectivity index (χ4n) is 3.35. The Morgan fingerprint density at radius 1 is 1.35 bits per heavy atom. The van der Waals surface area contributed by atoms with E-state index in [1.807, 2.05) is 31.2 Å². The molecule has 1 saturated heterocycles. The first-order valence-corrected chi connectivity index (χ1v) is 9.24. The van der Waals surface area contributed by atoms with E-state index in [0.29, 0.717) is 25.6 Å². The zero-order valence-corrected chi connectivity index (χ0v) is 15.7. The molecular formula is C19H27N5O2. The number of nitrogens with one attached hydrogen (secondary N) is 2. The van der Waals surface area contributed by atoms with Crippen LogP contribution >= 0.6 is 0 Å². The standard InChI is InChI=1S/C19H27N5O2/c1-4-23(3)18(25)13(2)20-19(26)24-11-9-14(10-12-24)17-21-15-7-5-6-8-16(15)22-17/h5-8,13-14H,4,9-12H2,1-3H3,(H,20,26)(H,21,22)/t13-/m0/s1. The molecule has 2 heterocycles. The number of carbonyl (C=O) groups is 2. The number of amides is 3. The molecule has 0 unspecified atom stereocenters. The van der Waals surface area contributed by atoms with Gasteiger partial charge in [-0.05, 0) is 38.8 Å². The Morgan fingerprint density at radius 3 is 2.69 bits per heavy atom. The summed E-state index contributed by atoms with van der Waals surface area (Å²) in [7, 11) is 1.74. The summed E-state index contributed by atoms with van der Waals surface area (Å²) >= 11 is 0. The van der Waals surface area contributed by atoms with E-state index in [9.17, 15) is 9.59 Å². The minimum atomic E-state index is -0.513. The van der Waals surface area contributed by atoms with E-state index < -0.39 is 6.04 Å². The van der Waals surface area contributed by atoms with Crippen LogP contribution in [0.1, 0.15) is 38.4 Å². The molecule has 0 saturated carbocycles. The molecule has 0 bridgehead atoms. The lowest BCUT2D eigenvalue weighted by atomic mass is 9.96. The summed E-state index contributed by atoms with van der Waals surface area (Å²) in [5.74, 6) is 1.26. The van der Waals surface area contributed by atoms with Crippen LogP contribution in [-0.2, 0) is 4.79 Å². The number of H-pyrrole nitrogens is 1. The van der Waals surface area contributed by atoms with Crippen LogP contribution in [0.5, 0.6) is 0 Å². The van der Waals surface area contributed by atoms with E-state index in [1.54, 1.807) is 23.8 Å². The van der Waals surface area contributed by atoms with Gasteiger partial charge < -0.3 is 20.1 Å². The molecule has 1 aliphatic rings. The van der Waals surface area contributed by atoms with Gasteiger partial charge in [0.15, 0.2) is 0 Å². The summed E-state index contributed by atoms with van der Waals surface area (Å²) in [6.45, 7) is 5.60. The van der Waals surface area contributed by atoms with Gasteiger partial charge in [0.2, 0.25) is 5.91 Å². The lowest BCUT2D eigenvalue weighted by Gasteiger charge is -2.32. The highest BCUT2D eigenvalue weighted by Crippen LogP contribution is 2.27. The molecule has 3 amide bonds. The number of nitrogens with zero attached hydrogens (tertiary/aromatic N) is 3. The van der Waals surface area contributed by atoms with E-state index in [0.717, 1.165) is 29.7 Å². The predicted octanol–water partition coefficient (Wildman–Crippen LogP) is 2.32. The zero-order valence-electron chi connectivity index (χ0n) is 15.7. The van der Waals surface area contributed by atoms with Crippen LogP contribution in [0.2, 0.25) is 0 Å². The van der Waals surface area contributed by atoms with Crippen LogP contribution in [0.15, 0.2) is 24.3 Å². The molecule has 1 aliphatic heterocycles. The number of hydrogen-bond donors (Lipinski definition) is 2. The molecule has 1 atom stereocenters. The first-order valence-electron chi connectivity index (χ1n) is 9.24. The van der Waals surface area contributed by atoms with Gasteiger partial charge in [0.25, 0.3) is 0 Å². The second kappa shape index (κ2) is 7.76. The van der Waals surface area contributed by atoms with Crippen molar-refractivity contribution in [3.63, 3.8) is 0 Å². The average molecular weight is 357 g/mol. The summed E-state index contributed by atoms with van der Waals surface area (Å²) in [4.78, 5) is 36.0. The quantitative estimate of drug-likeness (QED) is 0.881. The Morgan fingerprint density at radius 2 is 2.04 bits per heavy atom. The van der Waals surface area contributed by atoms with Crippen molar-refractivity contribution in [2.45, 2.75) is 38.6 Å². The van der Waals surface area contributed by atoms with Gasteiger partial charge in [-0.15, -0.1) is 0 Å². The van der Waals surface area contributed by atoms with Crippen molar-refractivity contribution in [2.24, 2.45) is 0 Å². The second-order valence-electron chi connectivity index (χ2n) is 6.92. The fraction of sp³-hybridized carbons (Fsp3) is 0.526. The van der Waals surface area contributed by atoms with Gasteiger partial charge in [0, 0.05) is 32.6 Å². The van der Waals surface area contributed by atoms with E-state index in [1.165, 1.54) is 0 Å². The molecule has 7 nitrogen and oxygen atoms in total. The number of fused-ring (bicyclic) bond motifs is 1. The first-order chi connectivity index (χ1) is 12.5. The number of imidazole rings is 1. The molecule has 140 valence electrons. The summed E-state index contributed by atoms with van der Waals surface area (Å²) in [6.07, 6.45) is 1.73. The fourth-order valence-corrected chi connectivity index (χ4v) is 3.35. The lowest BCUT2D eigenvalue weighted by molar-refractivity contribution is -0.131. The number of hydrogen-bond acceptors (Lipinski definition) is 3. The molecule has 0 radical (unpaired) electrons. The minimum Gasteiger partial charge on any atom is -0.344 e. The molecule has 0 spiro atoms. The molecule has 0 aliphatic carbocycles. The summed E-state index contributed by atoms with van der Waals surface area (Å²) in [6, 6.07) is 7.33. The normalized spacial score (nSPS) is 16.5. The highest BCUT2D eigenvalue weighted by Gasteiger charge is 2.27. The second-order valence-corrected chi connectivity index (χ2v) is 6.92. The first kappa shape index (κ1) is 18.2. The third kappa shape index (κ3) is 3.81. The Kier molecular flexibility index (Phi) is 5.44. The topological polar surface area (TPSA) is 81.3 Å². The van der Waals surface area contributed by atoms with Crippen molar-refractivity contribution in [3.05, 3.63) is 30.1 Å². The summed E-state index contributed by atoms with van der Waals surface area (Å²) in [5, 5.41) is 2.81. The van der Waals surface area contributed by atoms with E-state index in [2.05, 4.69) is 15.3 Å². The van der Waals surface area contributed by atoms with Gasteiger partial charge in [-0.2, -0.15) is 0 Å². The summed E-state index contributed by atoms with van der Waals surface area (Å²) < 4.78 is 0. The van der Waals surface area contributed by atoms with Crippen LogP contribution in [-0.4, -0.2) is 64.4 Å². The number of benzene rings is 1. The van der Waals surface area contributed by atoms with Crippen LogP contribution in [0.4, 0.5) is 4.79 Å². The van der Waals surface area contributed by atoms with Gasteiger partial charge in [-0.3, -0.25) is 4.79 Å². The predicted molar refractivity (Wildman–Crippen MR) is 101 cm³/mol. The van der Waals surface area contributed by atoms with Crippen molar-refractivity contribution < 1.29 is 9.59 Å². The third-order valence-corrected chi connectivity index (χ3v) is 5.14. The highest BCUT2D eigenvalue weighted by molar-refractivity contribution is 5.86. The third-order valence-electron chi connectivity index (χ3n) is 5.14. The molecule has 3 rings (SSSR count). The zero-order chi connectivity index (χ0) is 18.7. The SMILES string of the molecule is CCN(C)C(=O)[C@H](C)NC(=O)N1CCC(c2nc3ccccc3[nH]2)CC1. The van der Waals surface area contributed by atoms with Gasteiger partial charge in [0.1, 0.15) is 11.9 Å². The van der Waals surface area contributed by atoms with E-state index in [4.69, 9.17) is 0 Å². The summed E-state index contributed by atoms with van der Waals surface area (Å²) in [5.41, 5.74) is 2.03. The maximum atomic E-state index is 12.4. The molecule has 7 heteroatoms. The number of para-hydroxylation sites is 2. The van der Waals surface area contributed by atoms with Crippen molar-refractivity contribution >= 4 is 23.0 Å². The van der Waals surface area contributed by atoms with Gasteiger partial charge in [-0.25, -0.2) is 9.78 Å². The van der Waals surface area contributed by atoms with E-state index >= 15 is 0 Å². The lowest BCUT2D eigenvalue weighted by Crippen LogP contribution is -2.51. The number of likely N-dealkylation sites (N-methyl/N-ethyl adjacent to an activating group) is 1. The monoisotopic (exact) mass is 357 g/mol. The van der Waals surface area contributed by atoms with Crippen molar-refractivity contribution in [3.8, 4) is 0 Å². The van der Waals surface area contributed by atoms with Gasteiger partial charge in [-0.1, -0.05) is 12.1 Å². The number of aromatic nitrogens is 2. The average Bonchev–Trinajstić information content (AvgIpc) is 3.11. The molecule has 2 aromatic rings. The molecule has 1 aromatic carbocycles. The Bertz CT molecular complexity index is 746. The van der Waals surface area contributed by atoms with Crippen LogP contribution in [0.25, 0.3) is 11.0 Å². The van der Waals surface area contributed by atoms with E-state index in [-0.39, 0.29) is 11.9 Å². The number of aromatic amines is 1. The van der Waals surface area contributed by atoms with Gasteiger partial charge in [0.05, 0.1) is 11.0 Å². The van der Waals surface area contributed by atoms with Crippen LogP contribution in [0.3, 0.4) is 0 Å². The molecule has 2 N–H and O–H groups in total. The van der Waals surface area contributed by atoms with Crippen LogP contribution < -0.4 is 5.32 Å². The maximum absolute atomic E-state index is 12.4. The number of rotatable bonds is 4. The minimum absolute atomic E-state index is 0.0713. The number of carbonyl (C=O) groups excluding carboxylic acids is 2. The molecule has 26 heavy (non-hydrogen) atoms. The number of piperidine rings is 1.